The van der Waals surface area contributed by atoms with Crippen molar-refractivity contribution in [3.63, 3.8) is 0 Å². The summed E-state index contributed by atoms with van der Waals surface area (Å²) in [5.41, 5.74) is 7.55. The Labute approximate surface area is 130 Å². The monoisotopic (exact) mass is 299 g/mol. The minimum absolute atomic E-state index is 0.323. The summed E-state index contributed by atoms with van der Waals surface area (Å²) in [4.78, 5) is 16.0. The van der Waals surface area contributed by atoms with Crippen molar-refractivity contribution >= 4 is 5.97 Å². The van der Waals surface area contributed by atoms with Gasteiger partial charge in [-0.2, -0.15) is 0 Å². The fourth-order valence-electron chi connectivity index (χ4n) is 3.08. The first-order chi connectivity index (χ1) is 10.7. The summed E-state index contributed by atoms with van der Waals surface area (Å²) in [6.07, 6.45) is 8.16. The second-order valence-corrected chi connectivity index (χ2v) is 5.80. The number of carbonyl (C=O) groups excluding carboxylic acids is 1. The van der Waals surface area contributed by atoms with Crippen molar-refractivity contribution in [2.24, 2.45) is 5.73 Å². The number of benzene rings is 1. The molecule has 0 saturated heterocycles. The molecule has 0 radical (unpaired) electrons. The van der Waals surface area contributed by atoms with Crippen molar-refractivity contribution < 1.29 is 9.53 Å². The summed E-state index contributed by atoms with van der Waals surface area (Å²) in [5, 5.41) is 0. The van der Waals surface area contributed by atoms with Crippen molar-refractivity contribution in [2.45, 2.75) is 37.8 Å². The molecule has 5 nitrogen and oxygen atoms in total. The maximum absolute atomic E-state index is 11.5. The van der Waals surface area contributed by atoms with Crippen LogP contribution in [0.3, 0.4) is 0 Å². The molecule has 0 bridgehead atoms. The molecule has 3 rings (SSSR count). The Balaban J connectivity index is 1.84. The standard InChI is InChI=1S/C17H21N3O2/c1-22-17(21)13-4-2-12(3-5-13)16-19-10-11-20(16)15-8-6-14(18)7-9-15/h2-5,10-11,14-15H,6-9,18H2,1H3. The average molecular weight is 299 g/mol. The molecular formula is C17H21N3O2. The summed E-state index contributed by atoms with van der Waals surface area (Å²) >= 11 is 0. The summed E-state index contributed by atoms with van der Waals surface area (Å²) < 4.78 is 6.96. The third-order valence-electron chi connectivity index (χ3n) is 4.37. The first-order valence-electron chi connectivity index (χ1n) is 7.66. The fourth-order valence-corrected chi connectivity index (χ4v) is 3.08. The van der Waals surface area contributed by atoms with Crippen LogP contribution in [0.1, 0.15) is 42.1 Å². The number of ether oxygens (including phenoxy) is 1. The van der Waals surface area contributed by atoms with E-state index in [1.807, 2.05) is 24.5 Å². The molecule has 1 heterocycles. The van der Waals surface area contributed by atoms with Gasteiger partial charge < -0.3 is 15.0 Å². The molecule has 1 aliphatic rings. The van der Waals surface area contributed by atoms with Gasteiger partial charge in [0, 0.05) is 30.0 Å². The van der Waals surface area contributed by atoms with Gasteiger partial charge in [-0.05, 0) is 37.8 Å². The zero-order valence-corrected chi connectivity index (χ0v) is 12.7. The summed E-state index contributed by atoms with van der Waals surface area (Å²) in [6.45, 7) is 0. The lowest BCUT2D eigenvalue weighted by Crippen LogP contribution is -2.27. The van der Waals surface area contributed by atoms with E-state index < -0.39 is 0 Å². The SMILES string of the molecule is COC(=O)c1ccc(-c2nccn2C2CCC(N)CC2)cc1. The number of aromatic nitrogens is 2. The van der Waals surface area contributed by atoms with Gasteiger partial charge in [0.05, 0.1) is 12.7 Å². The van der Waals surface area contributed by atoms with Gasteiger partial charge in [0.15, 0.2) is 0 Å². The van der Waals surface area contributed by atoms with Crippen LogP contribution in [-0.4, -0.2) is 28.7 Å². The number of nitrogens with zero attached hydrogens (tertiary/aromatic N) is 2. The van der Waals surface area contributed by atoms with Crippen LogP contribution in [0.4, 0.5) is 0 Å². The van der Waals surface area contributed by atoms with Crippen LogP contribution in [0.15, 0.2) is 36.7 Å². The number of hydrogen-bond acceptors (Lipinski definition) is 4. The molecule has 1 aromatic carbocycles. The lowest BCUT2D eigenvalue weighted by Gasteiger charge is -2.28. The number of carbonyl (C=O) groups is 1. The summed E-state index contributed by atoms with van der Waals surface area (Å²) in [5.74, 6) is 0.619. The van der Waals surface area contributed by atoms with Gasteiger partial charge in [0.2, 0.25) is 0 Å². The highest BCUT2D eigenvalue weighted by Crippen LogP contribution is 2.31. The molecule has 1 aliphatic carbocycles. The Morgan fingerprint density at radius 2 is 1.91 bits per heavy atom. The van der Waals surface area contributed by atoms with E-state index in [2.05, 4.69) is 9.55 Å². The minimum atomic E-state index is -0.323. The molecule has 2 N–H and O–H groups in total. The van der Waals surface area contributed by atoms with Crippen LogP contribution < -0.4 is 5.73 Å². The maximum atomic E-state index is 11.5. The van der Waals surface area contributed by atoms with Gasteiger partial charge in [-0.15, -0.1) is 0 Å². The molecule has 0 unspecified atom stereocenters. The Kier molecular flexibility index (Phi) is 4.24. The topological polar surface area (TPSA) is 70.1 Å². The van der Waals surface area contributed by atoms with Crippen molar-refractivity contribution in [2.75, 3.05) is 7.11 Å². The predicted molar refractivity (Wildman–Crippen MR) is 84.5 cm³/mol. The summed E-state index contributed by atoms with van der Waals surface area (Å²) in [7, 11) is 1.39. The van der Waals surface area contributed by atoms with Gasteiger partial charge in [-0.25, -0.2) is 9.78 Å². The van der Waals surface area contributed by atoms with Gasteiger partial charge in [0.1, 0.15) is 5.82 Å². The highest BCUT2D eigenvalue weighted by molar-refractivity contribution is 5.89. The highest BCUT2D eigenvalue weighted by atomic mass is 16.5. The van der Waals surface area contributed by atoms with E-state index in [0.717, 1.165) is 37.1 Å². The van der Waals surface area contributed by atoms with Gasteiger partial charge in [-0.1, -0.05) is 12.1 Å². The second kappa shape index (κ2) is 6.32. The normalized spacial score (nSPS) is 21.5. The first kappa shape index (κ1) is 14.8. The van der Waals surface area contributed by atoms with E-state index in [0.29, 0.717) is 17.6 Å². The van der Waals surface area contributed by atoms with E-state index in [4.69, 9.17) is 10.5 Å². The van der Waals surface area contributed by atoms with E-state index in [1.54, 1.807) is 12.1 Å². The predicted octanol–water partition coefficient (Wildman–Crippen LogP) is 2.78. The van der Waals surface area contributed by atoms with Gasteiger partial charge >= 0.3 is 5.97 Å². The summed E-state index contributed by atoms with van der Waals surface area (Å²) in [6, 6.07) is 8.17. The highest BCUT2D eigenvalue weighted by Gasteiger charge is 2.22. The van der Waals surface area contributed by atoms with E-state index in [9.17, 15) is 4.79 Å². The lowest BCUT2D eigenvalue weighted by atomic mass is 9.91. The quantitative estimate of drug-likeness (QED) is 0.885. The molecule has 0 amide bonds. The number of methoxy groups -OCH3 is 1. The minimum Gasteiger partial charge on any atom is -0.465 e. The molecule has 22 heavy (non-hydrogen) atoms. The lowest BCUT2D eigenvalue weighted by molar-refractivity contribution is 0.0601. The second-order valence-electron chi connectivity index (χ2n) is 5.80. The molecule has 1 saturated carbocycles. The zero-order chi connectivity index (χ0) is 15.5. The van der Waals surface area contributed by atoms with Crippen LogP contribution in [0.25, 0.3) is 11.4 Å². The first-order valence-corrected chi connectivity index (χ1v) is 7.66. The van der Waals surface area contributed by atoms with Crippen molar-refractivity contribution in [3.8, 4) is 11.4 Å². The third-order valence-corrected chi connectivity index (χ3v) is 4.37. The van der Waals surface area contributed by atoms with Crippen molar-refractivity contribution in [1.29, 1.82) is 0 Å². The van der Waals surface area contributed by atoms with E-state index in [-0.39, 0.29) is 5.97 Å². The van der Waals surface area contributed by atoms with Crippen molar-refractivity contribution in [3.05, 3.63) is 42.2 Å². The number of imidazole rings is 1. The Bertz CT molecular complexity index is 640. The van der Waals surface area contributed by atoms with E-state index in [1.165, 1.54) is 7.11 Å². The molecule has 2 aromatic rings. The molecule has 116 valence electrons. The fraction of sp³-hybridized carbons (Fsp3) is 0.412. The molecule has 1 fully saturated rings. The third kappa shape index (κ3) is 2.90. The average Bonchev–Trinajstić information content (AvgIpc) is 3.04. The van der Waals surface area contributed by atoms with Crippen LogP contribution in [-0.2, 0) is 4.74 Å². The molecule has 0 atom stereocenters. The van der Waals surface area contributed by atoms with Crippen LogP contribution in [0.2, 0.25) is 0 Å². The Morgan fingerprint density at radius 3 is 2.55 bits per heavy atom. The van der Waals surface area contributed by atoms with Gasteiger partial charge in [-0.3, -0.25) is 0 Å². The smallest absolute Gasteiger partial charge is 0.337 e. The van der Waals surface area contributed by atoms with Crippen LogP contribution in [0, 0.1) is 0 Å². The zero-order valence-electron chi connectivity index (χ0n) is 12.7. The molecule has 0 aliphatic heterocycles. The molecule has 0 spiro atoms. The number of nitrogens with two attached hydrogens (primary N) is 1. The largest absolute Gasteiger partial charge is 0.465 e. The van der Waals surface area contributed by atoms with Gasteiger partial charge in [0.25, 0.3) is 0 Å². The van der Waals surface area contributed by atoms with E-state index >= 15 is 0 Å². The molecule has 5 heteroatoms. The molecular weight excluding hydrogens is 278 g/mol. The Morgan fingerprint density at radius 1 is 1.23 bits per heavy atom. The number of esters is 1. The Hall–Kier alpha value is -2.14. The molecule has 1 aromatic heterocycles. The van der Waals surface area contributed by atoms with Crippen LogP contribution >= 0.6 is 0 Å². The maximum Gasteiger partial charge on any atom is 0.337 e. The number of rotatable bonds is 3. The van der Waals surface area contributed by atoms with Crippen LogP contribution in [0.5, 0.6) is 0 Å². The van der Waals surface area contributed by atoms with Crippen molar-refractivity contribution in [1.82, 2.24) is 9.55 Å². The number of hydrogen-bond donors (Lipinski definition) is 1.